The van der Waals surface area contributed by atoms with E-state index in [4.69, 9.17) is 0 Å². The van der Waals surface area contributed by atoms with E-state index < -0.39 is 0 Å². The Bertz CT molecular complexity index is 282. The van der Waals surface area contributed by atoms with Gasteiger partial charge >= 0.3 is 0 Å². The van der Waals surface area contributed by atoms with E-state index in [1.54, 1.807) is 12.3 Å². The minimum Gasteiger partial charge on any atom is -0.294 e. The van der Waals surface area contributed by atoms with Crippen molar-refractivity contribution in [2.45, 2.75) is 0 Å². The fourth-order valence-corrected chi connectivity index (χ4v) is 0.884. The lowest BCUT2D eigenvalue weighted by atomic mass is 10.3. The van der Waals surface area contributed by atoms with Gasteiger partial charge in [-0.25, -0.2) is 0 Å². The first-order chi connectivity index (χ1) is 5.83. The molecule has 0 atom stereocenters. The number of carbonyl (C=O) groups excluding carboxylic acids is 1. The first-order valence-corrected chi connectivity index (χ1v) is 4.63. The highest BCUT2D eigenvalue weighted by atomic mass is 79.9. The Kier molecular flexibility index (Phi) is 3.67. The molecule has 3 heteroatoms. The van der Waals surface area contributed by atoms with Gasteiger partial charge in [-0.05, 0) is 24.3 Å². The maximum Gasteiger partial charge on any atom is 0.166 e. The number of hydrogen-bond donors (Lipinski definition) is 0. The largest absolute Gasteiger partial charge is 0.294 e. The quantitative estimate of drug-likeness (QED) is 0.583. The molecule has 0 spiro atoms. The Morgan fingerprint density at radius 3 is 3.00 bits per heavy atom. The molecule has 1 aromatic heterocycles. The highest BCUT2D eigenvalue weighted by Crippen LogP contribution is 1.96. The second kappa shape index (κ2) is 4.83. The molecule has 0 radical (unpaired) electrons. The van der Waals surface area contributed by atoms with Gasteiger partial charge in [0.15, 0.2) is 5.78 Å². The molecule has 2 nitrogen and oxygen atoms in total. The number of allylic oxidation sites excluding steroid dienone is 1. The van der Waals surface area contributed by atoms with Crippen LogP contribution in [0.3, 0.4) is 0 Å². The zero-order valence-electron chi connectivity index (χ0n) is 6.40. The van der Waals surface area contributed by atoms with Crippen molar-refractivity contribution in [3.05, 3.63) is 36.2 Å². The topological polar surface area (TPSA) is 30.0 Å². The third-order valence-corrected chi connectivity index (χ3v) is 1.81. The molecule has 0 amide bonds. The van der Waals surface area contributed by atoms with E-state index in [1.807, 2.05) is 18.2 Å². The van der Waals surface area contributed by atoms with Crippen molar-refractivity contribution in [1.29, 1.82) is 0 Å². The van der Waals surface area contributed by atoms with Crippen LogP contribution in [0.25, 0.3) is 6.08 Å². The zero-order valence-corrected chi connectivity index (χ0v) is 7.99. The summed E-state index contributed by atoms with van der Waals surface area (Å²) in [6.07, 6.45) is 4.90. The van der Waals surface area contributed by atoms with Crippen LogP contribution < -0.4 is 0 Å². The summed E-state index contributed by atoms with van der Waals surface area (Å²) in [5.74, 6) is 0.0423. The van der Waals surface area contributed by atoms with Crippen molar-refractivity contribution in [3.8, 4) is 0 Å². The van der Waals surface area contributed by atoms with Crippen molar-refractivity contribution in [1.82, 2.24) is 4.98 Å². The van der Waals surface area contributed by atoms with Crippen LogP contribution in [0, 0.1) is 0 Å². The van der Waals surface area contributed by atoms with Crippen LogP contribution in [-0.2, 0) is 4.79 Å². The average molecular weight is 226 g/mol. The predicted octanol–water partition coefficient (Wildman–Crippen LogP) is 2.06. The van der Waals surface area contributed by atoms with Gasteiger partial charge < -0.3 is 0 Å². The predicted molar refractivity (Wildman–Crippen MR) is 52.1 cm³/mol. The molecule has 0 N–H and O–H groups in total. The standard InChI is InChI=1S/C9H8BrNO/c10-7-9(12)5-4-8-3-1-2-6-11-8/h1-6H,7H2. The Hall–Kier alpha value is -0.960. The Morgan fingerprint density at radius 2 is 2.42 bits per heavy atom. The smallest absolute Gasteiger partial charge is 0.166 e. The lowest BCUT2D eigenvalue weighted by Gasteiger charge is -1.88. The van der Waals surface area contributed by atoms with Crippen molar-refractivity contribution in [2.75, 3.05) is 5.33 Å². The van der Waals surface area contributed by atoms with Crippen LogP contribution in [0.2, 0.25) is 0 Å². The van der Waals surface area contributed by atoms with Gasteiger partial charge in [-0.3, -0.25) is 9.78 Å². The number of pyridine rings is 1. The van der Waals surface area contributed by atoms with E-state index >= 15 is 0 Å². The first kappa shape index (κ1) is 9.13. The summed E-state index contributed by atoms with van der Waals surface area (Å²) in [5.41, 5.74) is 0.798. The van der Waals surface area contributed by atoms with E-state index in [2.05, 4.69) is 20.9 Å². The van der Waals surface area contributed by atoms with Gasteiger partial charge in [0.2, 0.25) is 0 Å². The number of rotatable bonds is 3. The van der Waals surface area contributed by atoms with E-state index in [0.717, 1.165) is 5.69 Å². The number of nitrogens with zero attached hydrogens (tertiary/aromatic N) is 1. The molecule has 0 aromatic carbocycles. The molecule has 0 bridgehead atoms. The van der Waals surface area contributed by atoms with Crippen LogP contribution in [-0.4, -0.2) is 16.1 Å². The van der Waals surface area contributed by atoms with Gasteiger partial charge in [0.1, 0.15) is 0 Å². The van der Waals surface area contributed by atoms with Gasteiger partial charge in [0.25, 0.3) is 0 Å². The maximum absolute atomic E-state index is 10.8. The number of carbonyl (C=O) groups is 1. The number of halogens is 1. The molecule has 0 saturated carbocycles. The van der Waals surface area contributed by atoms with Crippen LogP contribution >= 0.6 is 15.9 Å². The molecular weight excluding hydrogens is 218 g/mol. The molecule has 0 aliphatic rings. The van der Waals surface area contributed by atoms with E-state index in [-0.39, 0.29) is 5.78 Å². The maximum atomic E-state index is 10.8. The summed E-state index contributed by atoms with van der Waals surface area (Å²) >= 11 is 3.07. The van der Waals surface area contributed by atoms with E-state index in [0.29, 0.717) is 5.33 Å². The molecule has 1 heterocycles. The lowest BCUT2D eigenvalue weighted by Crippen LogP contribution is -1.91. The third-order valence-electron chi connectivity index (χ3n) is 1.26. The SMILES string of the molecule is O=C(C=Cc1ccccn1)CBr. The summed E-state index contributed by atoms with van der Waals surface area (Å²) in [4.78, 5) is 14.9. The summed E-state index contributed by atoms with van der Waals surface area (Å²) in [6.45, 7) is 0. The van der Waals surface area contributed by atoms with Gasteiger partial charge in [0.05, 0.1) is 11.0 Å². The Morgan fingerprint density at radius 1 is 1.58 bits per heavy atom. The number of alkyl halides is 1. The number of aromatic nitrogens is 1. The Balaban J connectivity index is 2.64. The van der Waals surface area contributed by atoms with E-state index in [9.17, 15) is 4.79 Å². The second-order valence-electron chi connectivity index (χ2n) is 2.19. The summed E-state index contributed by atoms with van der Waals surface area (Å²) < 4.78 is 0. The van der Waals surface area contributed by atoms with Gasteiger partial charge in [-0.1, -0.05) is 22.0 Å². The monoisotopic (exact) mass is 225 g/mol. The highest BCUT2D eigenvalue weighted by Gasteiger charge is 1.90. The summed E-state index contributed by atoms with van der Waals surface area (Å²) in [6, 6.07) is 5.56. The zero-order chi connectivity index (χ0) is 8.81. The fraction of sp³-hybridized carbons (Fsp3) is 0.111. The first-order valence-electron chi connectivity index (χ1n) is 3.51. The number of ketones is 1. The summed E-state index contributed by atoms with van der Waals surface area (Å²) in [5, 5.41) is 0.357. The molecular formula is C9H8BrNO. The van der Waals surface area contributed by atoms with Gasteiger partial charge in [-0.15, -0.1) is 0 Å². The molecule has 0 aliphatic carbocycles. The molecule has 1 rings (SSSR count). The molecule has 0 saturated heterocycles. The van der Waals surface area contributed by atoms with Crippen molar-refractivity contribution in [3.63, 3.8) is 0 Å². The Labute approximate surface area is 79.5 Å². The minimum atomic E-state index is 0.0423. The fourth-order valence-electron chi connectivity index (χ4n) is 0.697. The minimum absolute atomic E-state index is 0.0423. The van der Waals surface area contributed by atoms with Crippen LogP contribution in [0.4, 0.5) is 0 Å². The molecule has 0 unspecified atom stereocenters. The van der Waals surface area contributed by atoms with Crippen LogP contribution in [0.5, 0.6) is 0 Å². The number of hydrogen-bond acceptors (Lipinski definition) is 2. The molecule has 12 heavy (non-hydrogen) atoms. The summed E-state index contributed by atoms with van der Waals surface area (Å²) in [7, 11) is 0. The molecule has 0 fully saturated rings. The molecule has 0 aliphatic heterocycles. The normalized spacial score (nSPS) is 10.4. The highest BCUT2D eigenvalue weighted by molar-refractivity contribution is 9.09. The van der Waals surface area contributed by atoms with Crippen molar-refractivity contribution < 1.29 is 4.79 Å². The van der Waals surface area contributed by atoms with Gasteiger partial charge in [-0.2, -0.15) is 0 Å². The van der Waals surface area contributed by atoms with Crippen molar-refractivity contribution in [2.24, 2.45) is 0 Å². The van der Waals surface area contributed by atoms with E-state index in [1.165, 1.54) is 6.08 Å². The third kappa shape index (κ3) is 2.96. The average Bonchev–Trinajstić information content (AvgIpc) is 2.16. The molecule has 62 valence electrons. The van der Waals surface area contributed by atoms with Gasteiger partial charge in [0, 0.05) is 6.20 Å². The lowest BCUT2D eigenvalue weighted by molar-refractivity contribution is -0.112. The van der Waals surface area contributed by atoms with Crippen LogP contribution in [0.1, 0.15) is 5.69 Å². The van der Waals surface area contributed by atoms with Crippen LogP contribution in [0.15, 0.2) is 30.5 Å². The second-order valence-corrected chi connectivity index (χ2v) is 2.75. The van der Waals surface area contributed by atoms with Crippen molar-refractivity contribution >= 4 is 27.8 Å². The molecule has 1 aromatic rings.